The molecule has 0 aromatic rings. The van der Waals surface area contributed by atoms with Crippen molar-refractivity contribution in [3.8, 4) is 0 Å². The summed E-state index contributed by atoms with van der Waals surface area (Å²) in [4.78, 5) is 0. The van der Waals surface area contributed by atoms with E-state index in [1.54, 1.807) is 0 Å². The molecule has 1 nitrogen and oxygen atoms in total. The highest BCUT2D eigenvalue weighted by Gasteiger charge is 2.38. The smallest absolute Gasteiger partial charge is 0.00975 e. The lowest BCUT2D eigenvalue weighted by atomic mass is 9.76. The van der Waals surface area contributed by atoms with Crippen molar-refractivity contribution in [3.05, 3.63) is 0 Å². The highest BCUT2D eigenvalue weighted by molar-refractivity contribution is 4.91. The fourth-order valence-corrected chi connectivity index (χ4v) is 3.16. The second-order valence-corrected chi connectivity index (χ2v) is 6.35. The Labute approximate surface area is 96.0 Å². The maximum atomic E-state index is 3.55. The van der Waals surface area contributed by atoms with Crippen LogP contribution in [0.25, 0.3) is 0 Å². The van der Waals surface area contributed by atoms with Gasteiger partial charge in [0.2, 0.25) is 0 Å². The van der Waals surface area contributed by atoms with E-state index in [-0.39, 0.29) is 0 Å². The Morgan fingerprint density at radius 3 is 2.33 bits per heavy atom. The van der Waals surface area contributed by atoms with Crippen molar-refractivity contribution in [1.82, 2.24) is 5.32 Å². The lowest BCUT2D eigenvalue weighted by Crippen LogP contribution is -2.39. The molecule has 15 heavy (non-hydrogen) atoms. The topological polar surface area (TPSA) is 12.0 Å². The van der Waals surface area contributed by atoms with Crippen LogP contribution in [0.5, 0.6) is 0 Å². The summed E-state index contributed by atoms with van der Waals surface area (Å²) in [5.41, 5.74) is 0.560. The van der Waals surface area contributed by atoms with Crippen molar-refractivity contribution in [2.24, 2.45) is 17.3 Å². The highest BCUT2D eigenvalue weighted by atomic mass is 14.9. The molecule has 0 aromatic carbocycles. The third-order valence-electron chi connectivity index (χ3n) is 4.25. The minimum absolute atomic E-state index is 0.560. The van der Waals surface area contributed by atoms with Gasteiger partial charge in [0.1, 0.15) is 0 Å². The zero-order valence-electron chi connectivity index (χ0n) is 11.3. The lowest BCUT2D eigenvalue weighted by molar-refractivity contribution is 0.190. The number of hydrogen-bond donors (Lipinski definition) is 1. The van der Waals surface area contributed by atoms with Gasteiger partial charge < -0.3 is 5.32 Å². The number of nitrogens with one attached hydrogen (secondary N) is 1. The van der Waals surface area contributed by atoms with Gasteiger partial charge in [0.15, 0.2) is 0 Å². The molecule has 1 saturated carbocycles. The Hall–Kier alpha value is -0.0400. The van der Waals surface area contributed by atoms with Crippen molar-refractivity contribution >= 4 is 0 Å². The van der Waals surface area contributed by atoms with Gasteiger partial charge in [-0.05, 0) is 50.0 Å². The fraction of sp³-hybridized carbons (Fsp3) is 1.00. The van der Waals surface area contributed by atoms with Crippen molar-refractivity contribution in [1.29, 1.82) is 0 Å². The molecule has 1 rings (SSSR count). The minimum Gasteiger partial charge on any atom is -0.317 e. The average molecular weight is 211 g/mol. The molecule has 0 radical (unpaired) electrons. The molecule has 0 aromatic heterocycles. The Balaban J connectivity index is 2.50. The summed E-state index contributed by atoms with van der Waals surface area (Å²) in [7, 11) is 2.14. The Morgan fingerprint density at radius 2 is 1.93 bits per heavy atom. The van der Waals surface area contributed by atoms with E-state index in [4.69, 9.17) is 0 Å². The summed E-state index contributed by atoms with van der Waals surface area (Å²) in [6.45, 7) is 9.55. The molecule has 0 spiro atoms. The van der Waals surface area contributed by atoms with Gasteiger partial charge in [-0.2, -0.15) is 0 Å². The van der Waals surface area contributed by atoms with E-state index in [1.165, 1.54) is 32.1 Å². The maximum Gasteiger partial charge on any atom is 0.00975 e. The number of rotatable bonds is 5. The van der Waals surface area contributed by atoms with Gasteiger partial charge in [-0.25, -0.2) is 0 Å². The first-order chi connectivity index (χ1) is 6.97. The molecule has 1 aliphatic rings. The molecule has 2 unspecified atom stereocenters. The fourth-order valence-electron chi connectivity index (χ4n) is 3.16. The molecular weight excluding hydrogens is 182 g/mol. The molecule has 0 bridgehead atoms. The summed E-state index contributed by atoms with van der Waals surface area (Å²) < 4.78 is 0. The van der Waals surface area contributed by atoms with Crippen molar-refractivity contribution in [2.75, 3.05) is 7.05 Å². The van der Waals surface area contributed by atoms with Crippen LogP contribution in [0.3, 0.4) is 0 Å². The van der Waals surface area contributed by atoms with Crippen LogP contribution in [0.4, 0.5) is 0 Å². The van der Waals surface area contributed by atoms with E-state index >= 15 is 0 Å². The zero-order valence-corrected chi connectivity index (χ0v) is 11.3. The van der Waals surface area contributed by atoms with Crippen LogP contribution < -0.4 is 5.32 Å². The van der Waals surface area contributed by atoms with Gasteiger partial charge in [0.05, 0.1) is 0 Å². The van der Waals surface area contributed by atoms with Crippen LogP contribution in [0.2, 0.25) is 0 Å². The summed E-state index contributed by atoms with van der Waals surface area (Å²) in [6.07, 6.45) is 6.98. The van der Waals surface area contributed by atoms with Gasteiger partial charge >= 0.3 is 0 Å². The summed E-state index contributed by atoms with van der Waals surface area (Å²) in [5, 5.41) is 3.55. The summed E-state index contributed by atoms with van der Waals surface area (Å²) in [5.74, 6) is 1.73. The molecule has 1 N–H and O–H groups in total. The van der Waals surface area contributed by atoms with Gasteiger partial charge in [-0.15, -0.1) is 0 Å². The zero-order chi connectivity index (χ0) is 11.5. The van der Waals surface area contributed by atoms with Crippen LogP contribution >= 0.6 is 0 Å². The molecular formula is C14H29N. The van der Waals surface area contributed by atoms with E-state index in [9.17, 15) is 0 Å². The number of hydrogen-bond acceptors (Lipinski definition) is 1. The summed E-state index contributed by atoms with van der Waals surface area (Å²) >= 11 is 0. The van der Waals surface area contributed by atoms with E-state index in [1.807, 2.05) is 0 Å². The molecule has 0 amide bonds. The molecule has 1 aliphatic carbocycles. The molecule has 0 saturated heterocycles. The van der Waals surface area contributed by atoms with Crippen LogP contribution in [0.15, 0.2) is 0 Å². The second kappa shape index (κ2) is 5.34. The molecule has 90 valence electrons. The van der Waals surface area contributed by atoms with E-state index in [2.05, 4.69) is 40.1 Å². The molecule has 0 aliphatic heterocycles. The third-order valence-corrected chi connectivity index (χ3v) is 4.25. The van der Waals surface area contributed by atoms with Crippen LogP contribution in [-0.4, -0.2) is 13.1 Å². The lowest BCUT2D eigenvalue weighted by Gasteiger charge is -2.34. The predicted molar refractivity (Wildman–Crippen MR) is 68.0 cm³/mol. The van der Waals surface area contributed by atoms with Crippen molar-refractivity contribution < 1.29 is 0 Å². The van der Waals surface area contributed by atoms with E-state index in [0.29, 0.717) is 5.41 Å². The molecule has 1 heteroatoms. The minimum atomic E-state index is 0.560. The normalized spacial score (nSPS) is 27.2. The predicted octanol–water partition coefficient (Wildman–Crippen LogP) is 3.84. The van der Waals surface area contributed by atoms with E-state index in [0.717, 1.165) is 17.9 Å². The molecule has 2 atom stereocenters. The third kappa shape index (κ3) is 3.48. The van der Waals surface area contributed by atoms with Gasteiger partial charge in [0.25, 0.3) is 0 Å². The summed E-state index contributed by atoms with van der Waals surface area (Å²) in [6, 6.07) is 0.741. The first-order valence-corrected chi connectivity index (χ1v) is 6.64. The maximum absolute atomic E-state index is 3.55. The van der Waals surface area contributed by atoms with Gasteiger partial charge in [-0.1, -0.05) is 34.1 Å². The van der Waals surface area contributed by atoms with Crippen LogP contribution in [0.1, 0.15) is 59.8 Å². The SMILES string of the molecule is CNC(CCC(C)C)C1CCCC1(C)C. The Bertz CT molecular complexity index is 184. The Kier molecular flexibility index (Phi) is 4.64. The first kappa shape index (κ1) is 13.0. The Morgan fingerprint density at radius 1 is 1.27 bits per heavy atom. The quantitative estimate of drug-likeness (QED) is 0.728. The average Bonchev–Trinajstić information content (AvgIpc) is 2.47. The standard InChI is InChI=1S/C14H29N/c1-11(2)8-9-13(15-5)12-7-6-10-14(12,3)4/h11-13,15H,6-10H2,1-5H3. The van der Waals surface area contributed by atoms with Crippen LogP contribution in [0, 0.1) is 17.3 Å². The van der Waals surface area contributed by atoms with Crippen molar-refractivity contribution in [3.63, 3.8) is 0 Å². The highest BCUT2D eigenvalue weighted by Crippen LogP contribution is 2.45. The second-order valence-electron chi connectivity index (χ2n) is 6.35. The van der Waals surface area contributed by atoms with E-state index < -0.39 is 0 Å². The largest absolute Gasteiger partial charge is 0.317 e. The van der Waals surface area contributed by atoms with Crippen molar-refractivity contribution in [2.45, 2.75) is 65.8 Å². The van der Waals surface area contributed by atoms with Gasteiger partial charge in [0, 0.05) is 6.04 Å². The molecule has 0 heterocycles. The first-order valence-electron chi connectivity index (χ1n) is 6.64. The molecule has 1 fully saturated rings. The monoisotopic (exact) mass is 211 g/mol. The van der Waals surface area contributed by atoms with Gasteiger partial charge in [-0.3, -0.25) is 0 Å². The van der Waals surface area contributed by atoms with Crippen LogP contribution in [-0.2, 0) is 0 Å².